The zero-order valence-corrected chi connectivity index (χ0v) is 11.0. The van der Waals surface area contributed by atoms with Gasteiger partial charge in [-0.25, -0.2) is 0 Å². The lowest BCUT2D eigenvalue weighted by atomic mass is 10.0. The fourth-order valence-corrected chi connectivity index (χ4v) is 1.73. The lowest BCUT2D eigenvalue weighted by Crippen LogP contribution is -2.14. The summed E-state index contributed by atoms with van der Waals surface area (Å²) in [5.74, 6) is -0.352. The summed E-state index contributed by atoms with van der Waals surface area (Å²) in [4.78, 5) is 10.9. The van der Waals surface area contributed by atoms with E-state index in [9.17, 15) is 9.90 Å². The van der Waals surface area contributed by atoms with Crippen molar-refractivity contribution in [3.8, 4) is 0 Å². The molecule has 0 bridgehead atoms. The molecule has 2 N–H and O–H groups in total. The van der Waals surface area contributed by atoms with Gasteiger partial charge in [0, 0.05) is 0 Å². The minimum atomic E-state index is -0.570. The maximum absolute atomic E-state index is 10.9. The van der Waals surface area contributed by atoms with Crippen LogP contribution < -0.4 is 0 Å². The van der Waals surface area contributed by atoms with Gasteiger partial charge < -0.3 is 14.9 Å². The van der Waals surface area contributed by atoms with Crippen LogP contribution in [0.4, 0.5) is 0 Å². The summed E-state index contributed by atoms with van der Waals surface area (Å²) in [5, 5.41) is 18.6. The number of carbonyl (C=O) groups is 1. The van der Waals surface area contributed by atoms with Gasteiger partial charge in [-0.05, 0) is 19.8 Å². The van der Waals surface area contributed by atoms with Crippen LogP contribution in [0.3, 0.4) is 0 Å². The molecule has 0 heterocycles. The molecule has 0 saturated heterocycles. The van der Waals surface area contributed by atoms with Crippen LogP contribution in [-0.2, 0) is 9.53 Å². The smallest absolute Gasteiger partial charge is 0.308 e. The van der Waals surface area contributed by atoms with Crippen molar-refractivity contribution < 1.29 is 19.7 Å². The summed E-state index contributed by atoms with van der Waals surface area (Å²) in [6.45, 7) is 1.81. The van der Waals surface area contributed by atoms with Crippen molar-refractivity contribution in [2.75, 3.05) is 7.11 Å². The van der Waals surface area contributed by atoms with Crippen molar-refractivity contribution in [3.63, 3.8) is 0 Å². The molecule has 2 atom stereocenters. The molecule has 0 rings (SSSR count). The monoisotopic (exact) mass is 246 g/mol. The third kappa shape index (κ3) is 11.6. The SMILES string of the molecule is COC(=O)CC(O)CCCCCCCC(C)O. The number of hydrogen-bond acceptors (Lipinski definition) is 4. The number of hydrogen-bond donors (Lipinski definition) is 2. The Morgan fingerprint density at radius 3 is 2.12 bits per heavy atom. The van der Waals surface area contributed by atoms with Crippen LogP contribution in [0.15, 0.2) is 0 Å². The first kappa shape index (κ1) is 16.4. The van der Waals surface area contributed by atoms with Gasteiger partial charge in [0.2, 0.25) is 0 Å². The van der Waals surface area contributed by atoms with Gasteiger partial charge >= 0.3 is 5.97 Å². The molecular weight excluding hydrogens is 220 g/mol. The molecule has 0 aliphatic carbocycles. The Morgan fingerprint density at radius 2 is 1.59 bits per heavy atom. The summed E-state index contributed by atoms with van der Waals surface area (Å²) < 4.78 is 4.48. The lowest BCUT2D eigenvalue weighted by Gasteiger charge is -2.08. The van der Waals surface area contributed by atoms with Gasteiger partial charge in [-0.15, -0.1) is 0 Å². The highest BCUT2D eigenvalue weighted by Crippen LogP contribution is 2.11. The van der Waals surface area contributed by atoms with Crippen molar-refractivity contribution >= 4 is 5.97 Å². The molecule has 4 nitrogen and oxygen atoms in total. The van der Waals surface area contributed by atoms with Crippen LogP contribution in [0.1, 0.15) is 58.3 Å². The topological polar surface area (TPSA) is 66.8 Å². The maximum atomic E-state index is 10.9. The van der Waals surface area contributed by atoms with Gasteiger partial charge in [0.1, 0.15) is 0 Å². The predicted molar refractivity (Wildman–Crippen MR) is 66.6 cm³/mol. The van der Waals surface area contributed by atoms with E-state index in [1.54, 1.807) is 0 Å². The van der Waals surface area contributed by atoms with E-state index in [0.717, 1.165) is 38.5 Å². The molecular formula is C13H26O4. The van der Waals surface area contributed by atoms with E-state index in [0.29, 0.717) is 6.42 Å². The third-order valence-corrected chi connectivity index (χ3v) is 2.79. The Morgan fingerprint density at radius 1 is 1.06 bits per heavy atom. The van der Waals surface area contributed by atoms with Gasteiger partial charge in [0.15, 0.2) is 0 Å². The first-order valence-electron chi connectivity index (χ1n) is 6.49. The molecule has 17 heavy (non-hydrogen) atoms. The number of ether oxygens (including phenoxy) is 1. The van der Waals surface area contributed by atoms with Crippen molar-refractivity contribution in [1.29, 1.82) is 0 Å². The van der Waals surface area contributed by atoms with Crippen LogP contribution in [0, 0.1) is 0 Å². The predicted octanol–water partition coefficient (Wildman–Crippen LogP) is 2.02. The highest BCUT2D eigenvalue weighted by molar-refractivity contribution is 5.69. The van der Waals surface area contributed by atoms with Crippen molar-refractivity contribution in [2.45, 2.75) is 70.5 Å². The van der Waals surface area contributed by atoms with Crippen LogP contribution in [0.25, 0.3) is 0 Å². The van der Waals surface area contributed by atoms with Crippen LogP contribution in [-0.4, -0.2) is 35.5 Å². The summed E-state index contributed by atoms with van der Waals surface area (Å²) >= 11 is 0. The Bertz CT molecular complexity index is 192. The van der Waals surface area contributed by atoms with Crippen molar-refractivity contribution in [1.82, 2.24) is 0 Å². The van der Waals surface area contributed by atoms with E-state index < -0.39 is 6.10 Å². The average molecular weight is 246 g/mol. The Kier molecular flexibility index (Phi) is 10.2. The molecule has 2 unspecified atom stereocenters. The molecule has 0 spiro atoms. The standard InChI is InChI=1S/C13H26O4/c1-11(14)8-6-4-3-5-7-9-12(15)10-13(16)17-2/h11-12,14-15H,3-10H2,1-2H3. The molecule has 0 aromatic heterocycles. The van der Waals surface area contributed by atoms with E-state index in [2.05, 4.69) is 4.74 Å². The molecule has 0 fully saturated rings. The molecule has 4 heteroatoms. The van der Waals surface area contributed by atoms with E-state index in [-0.39, 0.29) is 18.5 Å². The van der Waals surface area contributed by atoms with Gasteiger partial charge in [0.05, 0.1) is 25.7 Å². The summed E-state index contributed by atoms with van der Waals surface area (Å²) in [7, 11) is 1.33. The number of aliphatic hydroxyl groups is 2. The van der Waals surface area contributed by atoms with Crippen molar-refractivity contribution in [3.05, 3.63) is 0 Å². The highest BCUT2D eigenvalue weighted by Gasteiger charge is 2.10. The maximum Gasteiger partial charge on any atom is 0.308 e. The fourth-order valence-electron chi connectivity index (χ4n) is 1.73. The number of unbranched alkanes of at least 4 members (excludes halogenated alkanes) is 4. The third-order valence-electron chi connectivity index (χ3n) is 2.79. The van der Waals surface area contributed by atoms with Crippen LogP contribution in [0.5, 0.6) is 0 Å². The number of aliphatic hydroxyl groups excluding tert-OH is 2. The van der Waals surface area contributed by atoms with Crippen LogP contribution >= 0.6 is 0 Å². The molecule has 0 radical (unpaired) electrons. The number of carbonyl (C=O) groups excluding carboxylic acids is 1. The summed E-state index contributed by atoms with van der Waals surface area (Å²) in [6.07, 6.45) is 6.16. The van der Waals surface area contributed by atoms with E-state index >= 15 is 0 Å². The fraction of sp³-hybridized carbons (Fsp3) is 0.923. The summed E-state index contributed by atoms with van der Waals surface area (Å²) in [6, 6.07) is 0. The zero-order valence-electron chi connectivity index (χ0n) is 11.0. The Hall–Kier alpha value is -0.610. The molecule has 0 amide bonds. The van der Waals surface area contributed by atoms with E-state index in [1.807, 2.05) is 6.92 Å². The molecule has 0 aromatic rings. The Balaban J connectivity index is 3.24. The second-order valence-electron chi connectivity index (χ2n) is 4.63. The highest BCUT2D eigenvalue weighted by atomic mass is 16.5. The van der Waals surface area contributed by atoms with Gasteiger partial charge in [-0.2, -0.15) is 0 Å². The largest absolute Gasteiger partial charge is 0.469 e. The number of methoxy groups -OCH3 is 1. The minimum absolute atomic E-state index is 0.0958. The van der Waals surface area contributed by atoms with Crippen LogP contribution in [0.2, 0.25) is 0 Å². The molecule has 0 aliphatic heterocycles. The summed E-state index contributed by atoms with van der Waals surface area (Å²) in [5.41, 5.74) is 0. The molecule has 0 saturated carbocycles. The first-order valence-corrected chi connectivity index (χ1v) is 6.49. The average Bonchev–Trinajstić information content (AvgIpc) is 2.27. The van der Waals surface area contributed by atoms with Gasteiger partial charge in [-0.3, -0.25) is 4.79 Å². The second-order valence-corrected chi connectivity index (χ2v) is 4.63. The van der Waals surface area contributed by atoms with E-state index in [1.165, 1.54) is 7.11 Å². The van der Waals surface area contributed by atoms with Gasteiger partial charge in [-0.1, -0.05) is 32.1 Å². The molecule has 0 aliphatic rings. The molecule has 0 aromatic carbocycles. The van der Waals surface area contributed by atoms with Crippen molar-refractivity contribution in [2.24, 2.45) is 0 Å². The Labute approximate surface area is 104 Å². The zero-order chi connectivity index (χ0) is 13.1. The number of rotatable bonds is 10. The molecule has 102 valence electrons. The quantitative estimate of drug-likeness (QED) is 0.457. The van der Waals surface area contributed by atoms with E-state index in [4.69, 9.17) is 5.11 Å². The minimum Gasteiger partial charge on any atom is -0.469 e. The lowest BCUT2D eigenvalue weighted by molar-refractivity contribution is -0.142. The second kappa shape index (κ2) is 10.5. The first-order chi connectivity index (χ1) is 8.06. The normalized spacial score (nSPS) is 14.4. The number of esters is 1. The van der Waals surface area contributed by atoms with Gasteiger partial charge in [0.25, 0.3) is 0 Å².